The predicted octanol–water partition coefficient (Wildman–Crippen LogP) is 1.61. The molecule has 2 aromatic heterocycles. The summed E-state index contributed by atoms with van der Waals surface area (Å²) in [6.45, 7) is 0. The van der Waals surface area contributed by atoms with E-state index in [1.807, 2.05) is 0 Å². The molecular weight excluding hydrogens is 318 g/mol. The number of pyridine rings is 1. The second-order valence-corrected chi connectivity index (χ2v) is 6.10. The van der Waals surface area contributed by atoms with E-state index in [1.54, 1.807) is 23.0 Å². The van der Waals surface area contributed by atoms with Crippen LogP contribution in [0.2, 0.25) is 5.02 Å². The Balaban J connectivity index is 2.35. The van der Waals surface area contributed by atoms with Crippen molar-refractivity contribution in [1.29, 1.82) is 0 Å². The van der Waals surface area contributed by atoms with Crippen molar-refractivity contribution in [2.45, 2.75) is 4.90 Å². The second kappa shape index (κ2) is 4.69. The normalized spacial score (nSPS) is 11.9. The van der Waals surface area contributed by atoms with Gasteiger partial charge in [-0.3, -0.25) is 9.35 Å². The maximum atomic E-state index is 11.7. The minimum absolute atomic E-state index is 0.357. The molecule has 0 radical (unpaired) electrons. The summed E-state index contributed by atoms with van der Waals surface area (Å²) in [6, 6.07) is 4.19. The number of nitrogens with one attached hydrogen (secondary N) is 1. The van der Waals surface area contributed by atoms with E-state index in [9.17, 15) is 13.2 Å². The fourth-order valence-corrected chi connectivity index (χ4v) is 2.81. The smallest absolute Gasteiger partial charge is 0.300 e. The summed E-state index contributed by atoms with van der Waals surface area (Å²) in [7, 11) is -4.60. The van der Waals surface area contributed by atoms with Crippen LogP contribution in [0.1, 0.15) is 0 Å². The van der Waals surface area contributed by atoms with E-state index in [4.69, 9.17) is 16.2 Å². The molecule has 0 saturated carbocycles. The van der Waals surface area contributed by atoms with E-state index in [0.717, 1.165) is 6.07 Å². The van der Waals surface area contributed by atoms with Crippen molar-refractivity contribution in [1.82, 2.24) is 14.5 Å². The number of aromatic nitrogens is 3. The van der Waals surface area contributed by atoms with Crippen molar-refractivity contribution < 1.29 is 13.0 Å². The molecule has 0 spiro atoms. The molecule has 3 rings (SSSR count). The van der Waals surface area contributed by atoms with Gasteiger partial charge in [-0.15, -0.1) is 0 Å². The molecular formula is C12H8ClN3O4S. The largest absolute Gasteiger partial charge is 0.321 e. The molecule has 21 heavy (non-hydrogen) atoms. The van der Waals surface area contributed by atoms with Gasteiger partial charge in [0.15, 0.2) is 4.90 Å². The number of nitrogens with zero attached hydrogens (tertiary/aromatic N) is 2. The molecule has 2 heterocycles. The Morgan fingerprint density at radius 1 is 1.29 bits per heavy atom. The Morgan fingerprint density at radius 2 is 2.05 bits per heavy atom. The SMILES string of the molecule is O=c1[nH]c2cc(Cl)c(-n3ccnc3)cc2cc1S(=O)(=O)O. The summed E-state index contributed by atoms with van der Waals surface area (Å²) in [4.78, 5) is 17.2. The van der Waals surface area contributed by atoms with E-state index in [1.165, 1.54) is 12.4 Å². The predicted molar refractivity (Wildman–Crippen MR) is 76.5 cm³/mol. The zero-order valence-electron chi connectivity index (χ0n) is 10.3. The molecule has 0 aliphatic heterocycles. The summed E-state index contributed by atoms with van der Waals surface area (Å²) in [6.07, 6.45) is 4.77. The molecule has 0 bridgehead atoms. The van der Waals surface area contributed by atoms with E-state index in [-0.39, 0.29) is 0 Å². The van der Waals surface area contributed by atoms with Crippen LogP contribution in [0.5, 0.6) is 0 Å². The van der Waals surface area contributed by atoms with Crippen molar-refractivity contribution in [3.8, 4) is 5.69 Å². The van der Waals surface area contributed by atoms with Gasteiger partial charge in [0.2, 0.25) is 0 Å². The van der Waals surface area contributed by atoms with Gasteiger partial charge in [-0.1, -0.05) is 11.6 Å². The first kappa shape index (κ1) is 13.8. The van der Waals surface area contributed by atoms with Gasteiger partial charge in [0, 0.05) is 23.3 Å². The molecule has 0 amide bonds. The third kappa shape index (κ3) is 2.44. The van der Waals surface area contributed by atoms with Gasteiger partial charge >= 0.3 is 0 Å². The summed E-state index contributed by atoms with van der Waals surface area (Å²) < 4.78 is 33.0. The van der Waals surface area contributed by atoms with Gasteiger partial charge in [0.05, 0.1) is 17.0 Å². The highest BCUT2D eigenvalue weighted by atomic mass is 35.5. The second-order valence-electron chi connectivity index (χ2n) is 4.30. The Bertz CT molecular complexity index is 993. The first-order chi connectivity index (χ1) is 9.86. The maximum absolute atomic E-state index is 11.7. The minimum atomic E-state index is -4.60. The van der Waals surface area contributed by atoms with Gasteiger partial charge in [-0.25, -0.2) is 4.98 Å². The highest BCUT2D eigenvalue weighted by molar-refractivity contribution is 7.85. The summed E-state index contributed by atoms with van der Waals surface area (Å²) in [5.41, 5.74) is 0.0210. The number of aromatic amines is 1. The number of imidazole rings is 1. The summed E-state index contributed by atoms with van der Waals surface area (Å²) >= 11 is 6.14. The lowest BCUT2D eigenvalue weighted by Crippen LogP contribution is -2.16. The van der Waals surface area contributed by atoms with Gasteiger partial charge in [-0.05, 0) is 18.2 Å². The molecule has 3 aromatic rings. The molecule has 0 atom stereocenters. The Morgan fingerprint density at radius 3 is 2.67 bits per heavy atom. The number of halogens is 1. The van der Waals surface area contributed by atoms with Crippen LogP contribution in [0, 0.1) is 0 Å². The van der Waals surface area contributed by atoms with Crippen LogP contribution in [0.15, 0.2) is 46.6 Å². The zero-order chi connectivity index (χ0) is 15.2. The van der Waals surface area contributed by atoms with Crippen molar-refractivity contribution in [2.75, 3.05) is 0 Å². The Labute approximate surface area is 123 Å². The van der Waals surface area contributed by atoms with Crippen LogP contribution in [0.25, 0.3) is 16.6 Å². The van der Waals surface area contributed by atoms with Crippen LogP contribution in [0.4, 0.5) is 0 Å². The number of rotatable bonds is 2. The molecule has 2 N–H and O–H groups in total. The molecule has 0 fully saturated rings. The van der Waals surface area contributed by atoms with Gasteiger partial charge in [0.1, 0.15) is 0 Å². The van der Waals surface area contributed by atoms with E-state index < -0.39 is 20.6 Å². The molecule has 7 nitrogen and oxygen atoms in total. The average Bonchev–Trinajstić information content (AvgIpc) is 2.89. The zero-order valence-corrected chi connectivity index (χ0v) is 11.9. The van der Waals surface area contributed by atoms with Crippen LogP contribution in [0.3, 0.4) is 0 Å². The molecule has 108 valence electrons. The van der Waals surface area contributed by atoms with E-state index in [2.05, 4.69) is 9.97 Å². The fourth-order valence-electron chi connectivity index (χ4n) is 1.99. The first-order valence-electron chi connectivity index (χ1n) is 5.68. The number of fused-ring (bicyclic) bond motifs is 1. The summed E-state index contributed by atoms with van der Waals surface area (Å²) in [5, 5.41) is 0.770. The maximum Gasteiger partial charge on any atom is 0.300 e. The molecule has 9 heteroatoms. The van der Waals surface area contributed by atoms with Crippen LogP contribution in [-0.4, -0.2) is 27.5 Å². The molecule has 0 unspecified atom stereocenters. The molecule has 0 saturated heterocycles. The molecule has 1 aromatic carbocycles. The quantitative estimate of drug-likeness (QED) is 0.696. The lowest BCUT2D eigenvalue weighted by atomic mass is 10.2. The topological polar surface area (TPSA) is 105 Å². The van der Waals surface area contributed by atoms with Crippen LogP contribution < -0.4 is 5.56 Å². The average molecular weight is 326 g/mol. The monoisotopic (exact) mass is 325 g/mol. The van der Waals surface area contributed by atoms with E-state index in [0.29, 0.717) is 21.6 Å². The molecule has 0 aliphatic rings. The first-order valence-corrected chi connectivity index (χ1v) is 7.50. The number of benzene rings is 1. The van der Waals surface area contributed by atoms with Gasteiger partial charge < -0.3 is 9.55 Å². The lowest BCUT2D eigenvalue weighted by molar-refractivity contribution is 0.482. The van der Waals surface area contributed by atoms with Gasteiger partial charge in [0.25, 0.3) is 15.7 Å². The van der Waals surface area contributed by atoms with Crippen LogP contribution >= 0.6 is 11.6 Å². The van der Waals surface area contributed by atoms with Crippen molar-refractivity contribution >= 4 is 32.6 Å². The lowest BCUT2D eigenvalue weighted by Gasteiger charge is -2.08. The van der Waals surface area contributed by atoms with Gasteiger partial charge in [-0.2, -0.15) is 8.42 Å². The third-order valence-corrected chi connectivity index (χ3v) is 4.10. The minimum Gasteiger partial charge on any atom is -0.321 e. The Kier molecular flexibility index (Phi) is 3.08. The Hall–Kier alpha value is -2.16. The van der Waals surface area contributed by atoms with Crippen molar-refractivity contribution in [3.63, 3.8) is 0 Å². The van der Waals surface area contributed by atoms with Crippen molar-refractivity contribution in [2.24, 2.45) is 0 Å². The highest BCUT2D eigenvalue weighted by Crippen LogP contribution is 2.26. The molecule has 0 aliphatic carbocycles. The standard InChI is InChI=1S/C12H8ClN3O4S/c13-8-5-9-7(3-10(8)16-2-1-14-6-16)4-11(12(17)15-9)21(18,19)20/h1-6H,(H,15,17)(H,18,19,20). The van der Waals surface area contributed by atoms with Crippen LogP contribution in [-0.2, 0) is 10.1 Å². The third-order valence-electron chi connectivity index (χ3n) is 2.94. The number of hydrogen-bond donors (Lipinski definition) is 2. The highest BCUT2D eigenvalue weighted by Gasteiger charge is 2.16. The number of H-pyrrole nitrogens is 1. The van der Waals surface area contributed by atoms with Crippen molar-refractivity contribution in [3.05, 3.63) is 52.3 Å². The summed E-state index contributed by atoms with van der Waals surface area (Å²) in [5.74, 6) is 0. The number of hydrogen-bond acceptors (Lipinski definition) is 4. The fraction of sp³-hybridized carbons (Fsp3) is 0. The van der Waals surface area contributed by atoms with E-state index >= 15 is 0 Å².